The second kappa shape index (κ2) is 4.18. The van der Waals surface area contributed by atoms with E-state index in [9.17, 15) is 8.42 Å². The lowest BCUT2D eigenvalue weighted by Gasteiger charge is -2.37. The van der Waals surface area contributed by atoms with Gasteiger partial charge in [0.2, 0.25) is 0 Å². The monoisotopic (exact) mass is 243 g/mol. The normalized spacial score (nSPS) is 28.1. The third kappa shape index (κ3) is 1.87. The van der Waals surface area contributed by atoms with Crippen LogP contribution in [0.25, 0.3) is 0 Å². The number of aromatic nitrogens is 2. The van der Waals surface area contributed by atoms with Crippen LogP contribution in [-0.2, 0) is 10.0 Å². The predicted octanol–water partition coefficient (Wildman–Crippen LogP) is 1.36. The molecule has 1 fully saturated rings. The standard InChI is InChI=1S/C10H17N3O2S/c1-8-4-3-5-9(2)13(8)16(14,15)10-6-7-11-12-10/h6-9H,3-5H2,1-2H3,(H,11,12). The van der Waals surface area contributed by atoms with Crippen LogP contribution < -0.4 is 0 Å². The molecule has 1 aliphatic rings. The predicted molar refractivity (Wildman–Crippen MR) is 60.4 cm³/mol. The van der Waals surface area contributed by atoms with Gasteiger partial charge in [0.1, 0.15) is 0 Å². The molecule has 0 spiro atoms. The van der Waals surface area contributed by atoms with Crippen LogP contribution in [0.4, 0.5) is 0 Å². The number of hydrogen-bond acceptors (Lipinski definition) is 3. The van der Waals surface area contributed by atoms with E-state index in [1.807, 2.05) is 13.8 Å². The molecule has 5 nitrogen and oxygen atoms in total. The van der Waals surface area contributed by atoms with Gasteiger partial charge >= 0.3 is 0 Å². The van der Waals surface area contributed by atoms with Gasteiger partial charge in [0.25, 0.3) is 10.0 Å². The fraction of sp³-hybridized carbons (Fsp3) is 0.700. The van der Waals surface area contributed by atoms with Crippen LogP contribution in [0.1, 0.15) is 33.1 Å². The molecule has 2 rings (SSSR count). The molecule has 2 unspecified atom stereocenters. The maximum atomic E-state index is 12.3. The number of nitrogens with zero attached hydrogens (tertiary/aromatic N) is 2. The molecule has 0 radical (unpaired) electrons. The summed E-state index contributed by atoms with van der Waals surface area (Å²) in [6, 6.07) is 1.64. The fourth-order valence-corrected chi connectivity index (χ4v) is 4.16. The highest BCUT2D eigenvalue weighted by Crippen LogP contribution is 2.28. The fourth-order valence-electron chi connectivity index (χ4n) is 2.37. The zero-order valence-electron chi connectivity index (χ0n) is 9.55. The summed E-state index contributed by atoms with van der Waals surface area (Å²) in [4.78, 5) is 0. The summed E-state index contributed by atoms with van der Waals surface area (Å²) >= 11 is 0. The Kier molecular flexibility index (Phi) is 3.03. The molecule has 1 aromatic heterocycles. The van der Waals surface area contributed by atoms with Crippen molar-refractivity contribution in [3.05, 3.63) is 12.3 Å². The van der Waals surface area contributed by atoms with Crippen LogP contribution in [0.3, 0.4) is 0 Å². The minimum absolute atomic E-state index is 0.0667. The lowest BCUT2D eigenvalue weighted by molar-refractivity contribution is 0.203. The third-order valence-electron chi connectivity index (χ3n) is 3.14. The topological polar surface area (TPSA) is 66.1 Å². The Balaban J connectivity index is 2.36. The molecule has 1 saturated heterocycles. The first-order valence-electron chi connectivity index (χ1n) is 5.56. The minimum Gasteiger partial charge on any atom is -0.266 e. The van der Waals surface area contributed by atoms with E-state index in [4.69, 9.17) is 0 Å². The number of sulfonamides is 1. The van der Waals surface area contributed by atoms with Gasteiger partial charge in [0.15, 0.2) is 5.03 Å². The van der Waals surface area contributed by atoms with Gasteiger partial charge in [-0.05, 0) is 32.8 Å². The summed E-state index contributed by atoms with van der Waals surface area (Å²) in [7, 11) is -3.40. The van der Waals surface area contributed by atoms with Crippen LogP contribution in [0.15, 0.2) is 17.3 Å². The average Bonchev–Trinajstić information content (AvgIpc) is 2.69. The van der Waals surface area contributed by atoms with E-state index >= 15 is 0 Å². The van der Waals surface area contributed by atoms with Crippen molar-refractivity contribution >= 4 is 10.0 Å². The van der Waals surface area contributed by atoms with E-state index in [0.717, 1.165) is 19.3 Å². The van der Waals surface area contributed by atoms with Crippen molar-refractivity contribution in [1.82, 2.24) is 14.5 Å². The molecule has 16 heavy (non-hydrogen) atoms. The third-order valence-corrected chi connectivity index (χ3v) is 5.20. The summed E-state index contributed by atoms with van der Waals surface area (Å²) in [5, 5.41) is 6.43. The van der Waals surface area contributed by atoms with E-state index in [2.05, 4.69) is 10.2 Å². The van der Waals surface area contributed by atoms with Gasteiger partial charge in [-0.3, -0.25) is 5.10 Å². The largest absolute Gasteiger partial charge is 0.266 e. The molecule has 6 heteroatoms. The highest BCUT2D eigenvalue weighted by atomic mass is 32.2. The summed E-state index contributed by atoms with van der Waals surface area (Å²) in [5.74, 6) is 0. The van der Waals surface area contributed by atoms with Gasteiger partial charge in [-0.25, -0.2) is 8.42 Å². The van der Waals surface area contributed by atoms with E-state index in [0.29, 0.717) is 0 Å². The highest BCUT2D eigenvalue weighted by molar-refractivity contribution is 7.89. The van der Waals surface area contributed by atoms with Gasteiger partial charge in [-0.2, -0.15) is 9.40 Å². The molecule has 1 aromatic rings. The first-order chi connectivity index (χ1) is 7.53. The van der Waals surface area contributed by atoms with Crippen molar-refractivity contribution in [3.63, 3.8) is 0 Å². The van der Waals surface area contributed by atoms with Crippen molar-refractivity contribution in [2.45, 2.75) is 50.2 Å². The number of piperidine rings is 1. The Labute approximate surface area is 95.9 Å². The number of aromatic amines is 1. The Morgan fingerprint density at radius 3 is 2.50 bits per heavy atom. The van der Waals surface area contributed by atoms with Gasteiger partial charge in [-0.1, -0.05) is 6.42 Å². The van der Waals surface area contributed by atoms with Gasteiger partial charge < -0.3 is 0 Å². The average molecular weight is 243 g/mol. The molecular formula is C10H17N3O2S. The second-order valence-corrected chi connectivity index (χ2v) is 6.20. The summed E-state index contributed by atoms with van der Waals surface area (Å²) in [6.07, 6.45) is 4.42. The van der Waals surface area contributed by atoms with E-state index < -0.39 is 10.0 Å². The van der Waals surface area contributed by atoms with Gasteiger partial charge in [-0.15, -0.1) is 0 Å². The summed E-state index contributed by atoms with van der Waals surface area (Å²) in [5.41, 5.74) is 0. The first-order valence-corrected chi connectivity index (χ1v) is 7.00. The molecule has 2 atom stereocenters. The number of hydrogen-bond donors (Lipinski definition) is 1. The molecule has 2 heterocycles. The van der Waals surface area contributed by atoms with Crippen LogP contribution in [0.5, 0.6) is 0 Å². The Hall–Kier alpha value is -0.880. The molecule has 0 aromatic carbocycles. The van der Waals surface area contributed by atoms with Crippen LogP contribution >= 0.6 is 0 Å². The van der Waals surface area contributed by atoms with Crippen molar-refractivity contribution in [3.8, 4) is 0 Å². The summed E-state index contributed by atoms with van der Waals surface area (Å²) < 4.78 is 26.2. The molecule has 0 aliphatic carbocycles. The smallest absolute Gasteiger partial charge is 0.260 e. The lowest BCUT2D eigenvalue weighted by atomic mass is 10.0. The van der Waals surface area contributed by atoms with Gasteiger partial charge in [0.05, 0.1) is 6.20 Å². The van der Waals surface area contributed by atoms with E-state index in [-0.39, 0.29) is 17.1 Å². The van der Waals surface area contributed by atoms with Crippen molar-refractivity contribution in [2.24, 2.45) is 0 Å². The minimum atomic E-state index is -3.40. The molecule has 0 bridgehead atoms. The molecule has 0 amide bonds. The Bertz CT molecular complexity index is 431. The molecule has 0 saturated carbocycles. The number of H-pyrrole nitrogens is 1. The molecule has 1 N–H and O–H groups in total. The van der Waals surface area contributed by atoms with Crippen LogP contribution in [-0.4, -0.2) is 35.0 Å². The molecular weight excluding hydrogens is 226 g/mol. The van der Waals surface area contributed by atoms with Crippen molar-refractivity contribution in [2.75, 3.05) is 0 Å². The maximum absolute atomic E-state index is 12.3. The van der Waals surface area contributed by atoms with E-state index in [1.165, 1.54) is 12.3 Å². The first kappa shape index (κ1) is 11.6. The van der Waals surface area contributed by atoms with Crippen molar-refractivity contribution < 1.29 is 8.42 Å². The Morgan fingerprint density at radius 1 is 1.38 bits per heavy atom. The Morgan fingerprint density at radius 2 is 2.00 bits per heavy atom. The zero-order valence-corrected chi connectivity index (χ0v) is 10.4. The number of nitrogens with one attached hydrogen (secondary N) is 1. The lowest BCUT2D eigenvalue weighted by Crippen LogP contribution is -2.47. The van der Waals surface area contributed by atoms with Gasteiger partial charge in [0, 0.05) is 12.1 Å². The second-order valence-electron chi connectivity index (χ2n) is 4.38. The quantitative estimate of drug-likeness (QED) is 0.853. The molecule has 90 valence electrons. The summed E-state index contributed by atoms with van der Waals surface area (Å²) in [6.45, 7) is 3.92. The number of rotatable bonds is 2. The van der Waals surface area contributed by atoms with E-state index in [1.54, 1.807) is 4.31 Å². The maximum Gasteiger partial charge on any atom is 0.260 e. The van der Waals surface area contributed by atoms with Crippen molar-refractivity contribution in [1.29, 1.82) is 0 Å². The SMILES string of the molecule is CC1CCCC(C)N1S(=O)(=O)c1ccn[nH]1. The van der Waals surface area contributed by atoms with Crippen LogP contribution in [0, 0.1) is 0 Å². The molecule has 1 aliphatic heterocycles. The zero-order chi connectivity index (χ0) is 11.8. The highest BCUT2D eigenvalue weighted by Gasteiger charge is 2.36. The van der Waals surface area contributed by atoms with Crippen LogP contribution in [0.2, 0.25) is 0 Å².